The molecule has 6 nitrogen and oxygen atoms in total. The molecule has 1 heterocycles. The van der Waals surface area contributed by atoms with E-state index in [1.807, 2.05) is 10.8 Å². The first-order valence-corrected chi connectivity index (χ1v) is 8.53. The van der Waals surface area contributed by atoms with Crippen LogP contribution in [0.3, 0.4) is 0 Å². The highest BCUT2D eigenvalue weighted by molar-refractivity contribution is 7.90. The lowest BCUT2D eigenvalue weighted by Crippen LogP contribution is -2.40. The van der Waals surface area contributed by atoms with Gasteiger partial charge in [-0.05, 0) is 31.4 Å². The summed E-state index contributed by atoms with van der Waals surface area (Å²) in [6, 6.07) is 8.74. The molecule has 1 aliphatic rings. The van der Waals surface area contributed by atoms with Gasteiger partial charge in [0.15, 0.2) is 6.61 Å². The predicted octanol–water partition coefficient (Wildman–Crippen LogP) is 1.08. The molecule has 21 heavy (non-hydrogen) atoms. The Bertz CT molecular complexity index is 552. The number of hydrogen-bond acceptors (Lipinski definition) is 5. The Labute approximate surface area is 124 Å². The van der Waals surface area contributed by atoms with Crippen LogP contribution in [0.2, 0.25) is 0 Å². The van der Waals surface area contributed by atoms with Gasteiger partial charge in [-0.25, -0.2) is 8.42 Å². The van der Waals surface area contributed by atoms with Gasteiger partial charge in [0.05, 0.1) is 11.9 Å². The van der Waals surface area contributed by atoms with Crippen LogP contribution in [0, 0.1) is 0 Å². The van der Waals surface area contributed by atoms with Gasteiger partial charge < -0.3 is 9.47 Å². The van der Waals surface area contributed by atoms with Crippen molar-refractivity contribution in [3.63, 3.8) is 0 Å². The van der Waals surface area contributed by atoms with Crippen LogP contribution in [-0.2, 0) is 19.6 Å². The maximum absolute atomic E-state index is 11.9. The lowest BCUT2D eigenvalue weighted by molar-refractivity contribution is -0.121. The first-order valence-electron chi connectivity index (χ1n) is 6.88. The molecule has 0 unspecified atom stereocenters. The molecular formula is C14H19NO5S. The highest BCUT2D eigenvalue weighted by Gasteiger charge is 2.23. The highest BCUT2D eigenvalue weighted by Crippen LogP contribution is 2.14. The standard InChI is InChI=1S/C14H19NO5S/c16-14(10-20-12-6-2-1-3-7-12)15-21(17,18)11-13-8-4-5-9-19-13/h1-3,6-7,13H,4-5,8-11H2,(H,15,16)/t13-/m0/s1. The van der Waals surface area contributed by atoms with Gasteiger partial charge >= 0.3 is 0 Å². The second-order valence-electron chi connectivity index (χ2n) is 4.90. The van der Waals surface area contributed by atoms with Gasteiger partial charge in [0, 0.05) is 6.61 Å². The highest BCUT2D eigenvalue weighted by atomic mass is 32.2. The van der Waals surface area contributed by atoms with Crippen LogP contribution in [0.1, 0.15) is 19.3 Å². The minimum atomic E-state index is -3.69. The quantitative estimate of drug-likeness (QED) is 0.850. The molecule has 1 aliphatic heterocycles. The lowest BCUT2D eigenvalue weighted by Gasteiger charge is -2.22. The third-order valence-electron chi connectivity index (χ3n) is 3.06. The normalized spacial score (nSPS) is 19.0. The number of benzene rings is 1. The topological polar surface area (TPSA) is 81.7 Å². The SMILES string of the molecule is O=C(COc1ccccc1)NS(=O)(=O)C[C@@H]1CCCCO1. The molecule has 1 saturated heterocycles. The minimum Gasteiger partial charge on any atom is -0.484 e. The van der Waals surface area contributed by atoms with E-state index in [4.69, 9.17) is 9.47 Å². The van der Waals surface area contributed by atoms with Crippen molar-refractivity contribution in [2.24, 2.45) is 0 Å². The van der Waals surface area contributed by atoms with E-state index in [0.717, 1.165) is 12.8 Å². The van der Waals surface area contributed by atoms with Crippen molar-refractivity contribution in [3.05, 3.63) is 30.3 Å². The molecule has 1 atom stereocenters. The Morgan fingerprint density at radius 1 is 1.29 bits per heavy atom. The van der Waals surface area contributed by atoms with Crippen molar-refractivity contribution in [3.8, 4) is 5.75 Å². The van der Waals surface area contributed by atoms with Gasteiger partial charge in [-0.3, -0.25) is 9.52 Å². The number of hydrogen-bond donors (Lipinski definition) is 1. The first kappa shape index (κ1) is 15.8. The van der Waals surface area contributed by atoms with Crippen molar-refractivity contribution in [2.45, 2.75) is 25.4 Å². The Morgan fingerprint density at radius 3 is 2.71 bits per heavy atom. The summed E-state index contributed by atoms with van der Waals surface area (Å²) >= 11 is 0. The van der Waals surface area contributed by atoms with E-state index < -0.39 is 15.9 Å². The zero-order chi connectivity index (χ0) is 15.1. The van der Waals surface area contributed by atoms with E-state index in [1.54, 1.807) is 24.3 Å². The van der Waals surface area contributed by atoms with Crippen LogP contribution in [0.5, 0.6) is 5.75 Å². The van der Waals surface area contributed by atoms with Crippen molar-refractivity contribution in [1.29, 1.82) is 0 Å². The van der Waals surface area contributed by atoms with Crippen LogP contribution in [0.4, 0.5) is 0 Å². The number of carbonyl (C=O) groups excluding carboxylic acids is 1. The van der Waals surface area contributed by atoms with E-state index in [2.05, 4.69) is 0 Å². The maximum atomic E-state index is 11.9. The molecule has 0 aromatic heterocycles. The van der Waals surface area contributed by atoms with Crippen LogP contribution < -0.4 is 9.46 Å². The molecule has 1 amide bonds. The van der Waals surface area contributed by atoms with Crippen molar-refractivity contribution in [2.75, 3.05) is 19.0 Å². The Balaban J connectivity index is 1.77. The predicted molar refractivity (Wildman–Crippen MR) is 77.5 cm³/mol. The van der Waals surface area contributed by atoms with Crippen LogP contribution in [0.15, 0.2) is 30.3 Å². The van der Waals surface area contributed by atoms with Crippen LogP contribution >= 0.6 is 0 Å². The van der Waals surface area contributed by atoms with E-state index in [9.17, 15) is 13.2 Å². The van der Waals surface area contributed by atoms with Gasteiger partial charge in [-0.2, -0.15) is 0 Å². The summed E-state index contributed by atoms with van der Waals surface area (Å²) in [6.45, 7) is 0.236. The second-order valence-corrected chi connectivity index (χ2v) is 6.66. The summed E-state index contributed by atoms with van der Waals surface area (Å²) in [5.41, 5.74) is 0. The number of sulfonamides is 1. The van der Waals surface area contributed by atoms with Gasteiger partial charge in [-0.15, -0.1) is 0 Å². The van der Waals surface area contributed by atoms with Crippen LogP contribution in [-0.4, -0.2) is 39.4 Å². The first-order chi connectivity index (χ1) is 10.1. The van der Waals surface area contributed by atoms with Crippen molar-refractivity contribution >= 4 is 15.9 Å². The van der Waals surface area contributed by atoms with Gasteiger partial charge in [-0.1, -0.05) is 18.2 Å². The van der Waals surface area contributed by atoms with E-state index in [1.165, 1.54) is 0 Å². The molecule has 1 N–H and O–H groups in total. The molecule has 0 bridgehead atoms. The molecule has 0 saturated carbocycles. The van der Waals surface area contributed by atoms with E-state index in [-0.39, 0.29) is 18.5 Å². The number of carbonyl (C=O) groups is 1. The minimum absolute atomic E-state index is 0.190. The molecule has 0 aliphatic carbocycles. The number of ether oxygens (including phenoxy) is 2. The molecule has 1 aromatic carbocycles. The molecule has 0 radical (unpaired) electrons. The lowest BCUT2D eigenvalue weighted by atomic mass is 10.1. The summed E-state index contributed by atoms with van der Waals surface area (Å²) in [5, 5.41) is 0. The second kappa shape index (κ2) is 7.42. The molecule has 7 heteroatoms. The maximum Gasteiger partial charge on any atom is 0.271 e. The average molecular weight is 313 g/mol. The average Bonchev–Trinajstić information content (AvgIpc) is 2.46. The molecule has 116 valence electrons. The number of para-hydroxylation sites is 1. The summed E-state index contributed by atoms with van der Waals surface area (Å²) in [4.78, 5) is 11.6. The van der Waals surface area contributed by atoms with E-state index >= 15 is 0 Å². The summed E-state index contributed by atoms with van der Waals surface area (Å²) in [5.74, 6) is -0.361. The molecule has 2 rings (SSSR count). The molecule has 1 aromatic rings. The zero-order valence-electron chi connectivity index (χ0n) is 11.7. The van der Waals surface area contributed by atoms with Gasteiger partial charge in [0.25, 0.3) is 5.91 Å². The number of amides is 1. The largest absolute Gasteiger partial charge is 0.484 e. The Kier molecular flexibility index (Phi) is 5.58. The Morgan fingerprint density at radius 2 is 2.05 bits per heavy atom. The third kappa shape index (κ3) is 5.73. The fourth-order valence-corrected chi connectivity index (χ4v) is 3.34. The molecule has 1 fully saturated rings. The molecular weight excluding hydrogens is 294 g/mol. The Hall–Kier alpha value is -1.60. The third-order valence-corrected chi connectivity index (χ3v) is 4.41. The fourth-order valence-electron chi connectivity index (χ4n) is 2.09. The van der Waals surface area contributed by atoms with Crippen LogP contribution in [0.25, 0.3) is 0 Å². The van der Waals surface area contributed by atoms with Gasteiger partial charge in [0.1, 0.15) is 5.75 Å². The van der Waals surface area contributed by atoms with Crippen molar-refractivity contribution in [1.82, 2.24) is 4.72 Å². The monoisotopic (exact) mass is 313 g/mol. The van der Waals surface area contributed by atoms with Gasteiger partial charge in [0.2, 0.25) is 10.0 Å². The fraction of sp³-hybridized carbons (Fsp3) is 0.500. The zero-order valence-corrected chi connectivity index (χ0v) is 12.5. The van der Waals surface area contributed by atoms with Crippen molar-refractivity contribution < 1.29 is 22.7 Å². The summed E-state index contributed by atoms with van der Waals surface area (Å²) in [6.07, 6.45) is 2.27. The number of nitrogens with one attached hydrogen (secondary N) is 1. The number of rotatable bonds is 6. The van der Waals surface area contributed by atoms with E-state index in [0.29, 0.717) is 18.8 Å². The molecule has 0 spiro atoms. The smallest absolute Gasteiger partial charge is 0.271 e. The summed E-state index contributed by atoms with van der Waals surface area (Å²) < 4.78 is 36.3. The summed E-state index contributed by atoms with van der Waals surface area (Å²) in [7, 11) is -3.69.